The second-order valence-electron chi connectivity index (χ2n) is 11.9. The molecule has 43 heavy (non-hydrogen) atoms. The Bertz CT molecular complexity index is 1280. The number of benzene rings is 2. The lowest BCUT2D eigenvalue weighted by Crippen LogP contribution is -2.53. The predicted octanol–water partition coefficient (Wildman–Crippen LogP) is 2.99. The van der Waals surface area contributed by atoms with Crippen LogP contribution in [0.1, 0.15) is 50.8 Å². The molecule has 12 heteroatoms. The Kier molecular flexibility index (Phi) is 11.8. The number of carbonyl (C=O) groups is 1. The van der Waals surface area contributed by atoms with Crippen LogP contribution >= 0.6 is 0 Å². The van der Waals surface area contributed by atoms with Crippen molar-refractivity contribution in [3.63, 3.8) is 0 Å². The monoisotopic (exact) mass is 618 g/mol. The molecule has 1 aliphatic heterocycles. The Labute approximate surface area is 255 Å². The lowest BCUT2D eigenvalue weighted by molar-refractivity contribution is 0.0362. The molecule has 238 valence electrons. The molecular weight excluding hydrogens is 572 g/mol. The first kappa shape index (κ1) is 33.2. The van der Waals surface area contributed by atoms with Crippen LogP contribution in [0.4, 0.5) is 4.79 Å². The van der Waals surface area contributed by atoms with Crippen LogP contribution in [0.25, 0.3) is 0 Å². The van der Waals surface area contributed by atoms with E-state index >= 15 is 0 Å². The zero-order valence-corrected chi connectivity index (χ0v) is 26.2. The summed E-state index contributed by atoms with van der Waals surface area (Å²) in [5.41, 5.74) is 7.17. The Hall–Kier alpha value is -2.74. The first-order valence-corrected chi connectivity index (χ1v) is 16.5. The number of alkyl carbamates (subject to hydrolysis) is 1. The second kappa shape index (κ2) is 15.3. The summed E-state index contributed by atoms with van der Waals surface area (Å²) in [6, 6.07) is 14.8. The number of nitrogens with one attached hydrogen (secondary N) is 2. The maximum absolute atomic E-state index is 12.8. The molecule has 4 N–H and O–H groups in total. The molecule has 2 aliphatic rings. The maximum Gasteiger partial charge on any atom is 0.407 e. The van der Waals surface area contributed by atoms with E-state index in [0.717, 1.165) is 31.4 Å². The molecule has 2 aromatic carbocycles. The summed E-state index contributed by atoms with van der Waals surface area (Å²) in [5, 5.41) is 3.04. The molecule has 0 saturated carbocycles. The first-order chi connectivity index (χ1) is 20.6. The van der Waals surface area contributed by atoms with E-state index in [4.69, 9.17) is 24.7 Å². The molecule has 4 rings (SSSR count). The number of carbonyl (C=O) groups excluding carboxylic acids is 1. The average Bonchev–Trinajstić information content (AvgIpc) is 3.32. The summed E-state index contributed by atoms with van der Waals surface area (Å²) in [4.78, 5) is 15.0. The van der Waals surface area contributed by atoms with E-state index in [9.17, 15) is 13.2 Å². The number of sulfonamides is 1. The zero-order valence-electron chi connectivity index (χ0n) is 25.4. The van der Waals surface area contributed by atoms with Gasteiger partial charge in [-0.05, 0) is 82.0 Å². The van der Waals surface area contributed by atoms with Crippen molar-refractivity contribution in [2.75, 3.05) is 52.6 Å². The molecule has 1 fully saturated rings. The highest BCUT2D eigenvalue weighted by atomic mass is 32.2. The molecule has 11 nitrogen and oxygen atoms in total. The van der Waals surface area contributed by atoms with Crippen molar-refractivity contribution >= 4 is 16.1 Å². The molecule has 0 aromatic heterocycles. The number of amides is 1. The van der Waals surface area contributed by atoms with E-state index < -0.39 is 21.7 Å². The van der Waals surface area contributed by atoms with Gasteiger partial charge in [0.05, 0.1) is 37.4 Å². The van der Waals surface area contributed by atoms with E-state index in [1.807, 2.05) is 32.9 Å². The number of likely N-dealkylation sites (tertiary alicyclic amines) is 1. The van der Waals surface area contributed by atoms with E-state index in [0.29, 0.717) is 38.7 Å². The highest BCUT2D eigenvalue weighted by molar-refractivity contribution is 7.89. The number of hydrogen-bond acceptors (Lipinski definition) is 9. The highest BCUT2D eigenvalue weighted by Gasteiger charge is 2.40. The minimum Gasteiger partial charge on any atom is -0.484 e. The molecule has 1 amide bonds. The molecular formula is C31H46N4O7S. The van der Waals surface area contributed by atoms with Gasteiger partial charge in [0.2, 0.25) is 10.0 Å². The Morgan fingerprint density at radius 2 is 1.74 bits per heavy atom. The van der Waals surface area contributed by atoms with E-state index in [1.54, 1.807) is 24.3 Å². The fourth-order valence-corrected chi connectivity index (χ4v) is 6.49. The van der Waals surface area contributed by atoms with Crippen molar-refractivity contribution in [3.8, 4) is 5.75 Å². The van der Waals surface area contributed by atoms with Gasteiger partial charge >= 0.3 is 6.09 Å². The van der Waals surface area contributed by atoms with Crippen LogP contribution in [0.5, 0.6) is 5.75 Å². The van der Waals surface area contributed by atoms with Crippen LogP contribution in [-0.2, 0) is 30.7 Å². The van der Waals surface area contributed by atoms with Gasteiger partial charge in [0.1, 0.15) is 17.5 Å². The lowest BCUT2D eigenvalue weighted by atomic mass is 10.0. The number of fused-ring (bicyclic) bond motifs is 1. The number of piperidine rings is 1. The minimum atomic E-state index is -3.70. The summed E-state index contributed by atoms with van der Waals surface area (Å²) in [5.74, 6) is 0.590. The third kappa shape index (κ3) is 9.88. The zero-order chi connectivity index (χ0) is 30.9. The van der Waals surface area contributed by atoms with Gasteiger partial charge < -0.3 is 30.0 Å². The molecule has 1 saturated heterocycles. The van der Waals surface area contributed by atoms with Crippen LogP contribution in [0.2, 0.25) is 0 Å². The standard InChI is InChI=1S/C31H46N4O7S/c1-31(2,3)42-30(36)34-24-8-6-16-35(22-24)28-21-23-7-4-5-9-27(23)29(28)41-25-10-12-26(13-11-25)43(37,38)33-15-18-40-20-19-39-17-14-32/h4-5,7,9-13,24,28-29,33H,6,8,14-22,32H2,1-3H3,(H,34,36)/t24?,28-,29-/m0/s1. The number of hydrogen-bond donors (Lipinski definition) is 3. The van der Waals surface area contributed by atoms with Gasteiger partial charge in [0, 0.05) is 25.7 Å². The molecule has 1 heterocycles. The van der Waals surface area contributed by atoms with Gasteiger partial charge in [-0.15, -0.1) is 0 Å². The van der Waals surface area contributed by atoms with Crippen LogP contribution in [0, 0.1) is 0 Å². The van der Waals surface area contributed by atoms with Gasteiger partial charge in [0.15, 0.2) is 0 Å². The summed E-state index contributed by atoms with van der Waals surface area (Å²) >= 11 is 0. The third-order valence-electron chi connectivity index (χ3n) is 7.35. The van der Waals surface area contributed by atoms with Gasteiger partial charge in [-0.1, -0.05) is 24.3 Å². The Morgan fingerprint density at radius 1 is 1.02 bits per heavy atom. The number of rotatable bonds is 14. The molecule has 3 atom stereocenters. The number of nitrogens with two attached hydrogens (primary N) is 1. The van der Waals surface area contributed by atoms with Gasteiger partial charge in [-0.2, -0.15) is 0 Å². The average molecular weight is 619 g/mol. The van der Waals surface area contributed by atoms with Crippen molar-refractivity contribution in [1.82, 2.24) is 14.9 Å². The number of nitrogens with zero attached hydrogens (tertiary/aromatic N) is 1. The second-order valence-corrected chi connectivity index (χ2v) is 13.6. The third-order valence-corrected chi connectivity index (χ3v) is 8.83. The molecule has 1 unspecified atom stereocenters. The quantitative estimate of drug-likeness (QED) is 0.273. The fraction of sp³-hybridized carbons (Fsp3) is 0.581. The van der Waals surface area contributed by atoms with Gasteiger partial charge in [0.25, 0.3) is 0 Å². The smallest absolute Gasteiger partial charge is 0.407 e. The van der Waals surface area contributed by atoms with Crippen LogP contribution in [0.15, 0.2) is 53.4 Å². The SMILES string of the molecule is CC(C)(C)OC(=O)NC1CCCN([C@H]2Cc3ccccc3[C@@H]2Oc2ccc(S(=O)(=O)NCCOCCOCCN)cc2)C1. The van der Waals surface area contributed by atoms with Crippen molar-refractivity contribution < 1.29 is 32.2 Å². The Morgan fingerprint density at radius 3 is 2.47 bits per heavy atom. The van der Waals surface area contributed by atoms with E-state index in [2.05, 4.69) is 27.1 Å². The van der Waals surface area contributed by atoms with Crippen LogP contribution in [0.3, 0.4) is 0 Å². The van der Waals surface area contributed by atoms with Gasteiger partial charge in [-0.3, -0.25) is 4.90 Å². The molecule has 2 aromatic rings. The van der Waals surface area contributed by atoms with Crippen molar-refractivity contribution in [3.05, 3.63) is 59.7 Å². The lowest BCUT2D eigenvalue weighted by Gasteiger charge is -2.39. The van der Waals surface area contributed by atoms with Crippen molar-refractivity contribution in [2.24, 2.45) is 5.73 Å². The maximum atomic E-state index is 12.8. The number of ether oxygens (including phenoxy) is 4. The van der Waals surface area contributed by atoms with Crippen LogP contribution in [-0.4, -0.2) is 89.7 Å². The van der Waals surface area contributed by atoms with E-state index in [1.165, 1.54) is 5.56 Å². The van der Waals surface area contributed by atoms with Crippen molar-refractivity contribution in [2.45, 2.75) is 68.7 Å². The normalized spacial score (nSPS) is 20.9. The van der Waals surface area contributed by atoms with Crippen LogP contribution < -0.4 is 20.5 Å². The van der Waals surface area contributed by atoms with E-state index in [-0.39, 0.29) is 36.2 Å². The molecule has 0 bridgehead atoms. The summed E-state index contributed by atoms with van der Waals surface area (Å²) < 4.78 is 50.8. The summed E-state index contributed by atoms with van der Waals surface area (Å²) in [6.45, 7) is 9.26. The highest BCUT2D eigenvalue weighted by Crippen LogP contribution is 2.39. The van der Waals surface area contributed by atoms with Gasteiger partial charge in [-0.25, -0.2) is 17.9 Å². The summed E-state index contributed by atoms with van der Waals surface area (Å²) in [7, 11) is -3.70. The summed E-state index contributed by atoms with van der Waals surface area (Å²) in [6.07, 6.45) is 2.04. The molecule has 0 spiro atoms. The minimum absolute atomic E-state index is 0.0140. The fourth-order valence-electron chi connectivity index (χ4n) is 5.48. The Balaban J connectivity index is 1.36. The first-order valence-electron chi connectivity index (χ1n) is 15.0. The molecule has 0 radical (unpaired) electrons. The largest absolute Gasteiger partial charge is 0.484 e. The topological polar surface area (TPSA) is 141 Å². The molecule has 1 aliphatic carbocycles. The van der Waals surface area contributed by atoms with Crippen molar-refractivity contribution in [1.29, 1.82) is 0 Å². The predicted molar refractivity (Wildman–Crippen MR) is 164 cm³/mol.